The van der Waals surface area contributed by atoms with Crippen molar-refractivity contribution in [2.45, 2.75) is 19.9 Å². The van der Waals surface area contributed by atoms with Crippen LogP contribution in [-0.4, -0.2) is 25.0 Å². The lowest BCUT2D eigenvalue weighted by atomic mass is 10.2. The maximum absolute atomic E-state index is 11.8. The zero-order chi connectivity index (χ0) is 13.7. The lowest BCUT2D eigenvalue weighted by Gasteiger charge is -2.15. The Balaban J connectivity index is 2.80. The van der Waals surface area contributed by atoms with Crippen molar-refractivity contribution in [2.24, 2.45) is 0 Å². The van der Waals surface area contributed by atoms with Crippen LogP contribution >= 0.6 is 11.6 Å². The van der Waals surface area contributed by atoms with Crippen molar-refractivity contribution < 1.29 is 14.3 Å². The zero-order valence-corrected chi connectivity index (χ0v) is 11.2. The molecule has 1 aromatic rings. The summed E-state index contributed by atoms with van der Waals surface area (Å²) in [4.78, 5) is 22.7. The third kappa shape index (κ3) is 3.92. The molecule has 1 aromatic carbocycles. The van der Waals surface area contributed by atoms with Crippen molar-refractivity contribution >= 4 is 29.1 Å². The molecule has 0 bridgehead atoms. The van der Waals surface area contributed by atoms with Gasteiger partial charge in [0.25, 0.3) is 0 Å². The summed E-state index contributed by atoms with van der Waals surface area (Å²) in [6.07, 6.45) is 0. The third-order valence-electron chi connectivity index (χ3n) is 2.23. The molecule has 1 unspecified atom stereocenters. The third-order valence-corrected chi connectivity index (χ3v) is 2.47. The van der Waals surface area contributed by atoms with Crippen molar-refractivity contribution in [3.05, 3.63) is 23.2 Å². The van der Waals surface area contributed by atoms with Crippen molar-refractivity contribution in [1.82, 2.24) is 5.32 Å². The number of carbonyl (C=O) groups is 2. The molecule has 0 fully saturated rings. The number of halogens is 1. The van der Waals surface area contributed by atoms with Crippen LogP contribution in [0.3, 0.4) is 0 Å². The minimum absolute atomic E-state index is 0.268. The molecular weight excluding hydrogens is 256 g/mol. The molecule has 0 aliphatic heterocycles. The predicted octanol–water partition coefficient (Wildman–Crippen LogP) is 1.81. The summed E-state index contributed by atoms with van der Waals surface area (Å²) in [5, 5.41) is 5.62. The molecule has 5 nitrogen and oxygen atoms in total. The van der Waals surface area contributed by atoms with Crippen LogP contribution in [0.4, 0.5) is 5.69 Å². The summed E-state index contributed by atoms with van der Waals surface area (Å²) in [5.41, 5.74) is 0.465. The highest BCUT2D eigenvalue weighted by Gasteiger charge is 2.15. The van der Waals surface area contributed by atoms with E-state index < -0.39 is 6.04 Å². The fraction of sp³-hybridized carbons (Fsp3) is 0.333. The molecule has 0 aliphatic rings. The summed E-state index contributed by atoms with van der Waals surface area (Å²) in [6.45, 7) is 2.94. The van der Waals surface area contributed by atoms with E-state index in [0.717, 1.165) is 0 Å². The number of methoxy groups -OCH3 is 1. The Hall–Kier alpha value is -1.75. The molecule has 0 heterocycles. The number of hydrogen-bond acceptors (Lipinski definition) is 3. The number of carbonyl (C=O) groups excluding carboxylic acids is 2. The van der Waals surface area contributed by atoms with E-state index in [1.165, 1.54) is 14.0 Å². The topological polar surface area (TPSA) is 67.4 Å². The zero-order valence-electron chi connectivity index (χ0n) is 10.4. The number of hydrogen-bond donors (Lipinski definition) is 2. The number of benzene rings is 1. The molecule has 0 radical (unpaired) electrons. The van der Waals surface area contributed by atoms with E-state index >= 15 is 0 Å². The summed E-state index contributed by atoms with van der Waals surface area (Å²) < 4.78 is 5.10. The minimum atomic E-state index is -0.633. The molecule has 6 heteroatoms. The van der Waals surface area contributed by atoms with Crippen LogP contribution in [0.5, 0.6) is 5.75 Å². The van der Waals surface area contributed by atoms with Gasteiger partial charge in [-0.15, -0.1) is 0 Å². The summed E-state index contributed by atoms with van der Waals surface area (Å²) in [7, 11) is 1.50. The van der Waals surface area contributed by atoms with E-state index in [1.54, 1.807) is 25.1 Å². The minimum Gasteiger partial charge on any atom is -0.495 e. The Labute approximate surface area is 110 Å². The quantitative estimate of drug-likeness (QED) is 0.877. The van der Waals surface area contributed by atoms with Gasteiger partial charge in [0.1, 0.15) is 11.8 Å². The SMILES string of the molecule is COc1ccc(Cl)cc1NC(=O)C(C)NC(C)=O. The van der Waals surface area contributed by atoms with Gasteiger partial charge < -0.3 is 15.4 Å². The van der Waals surface area contributed by atoms with Crippen molar-refractivity contribution in [3.8, 4) is 5.75 Å². The van der Waals surface area contributed by atoms with E-state index in [1.807, 2.05) is 0 Å². The van der Waals surface area contributed by atoms with E-state index in [9.17, 15) is 9.59 Å². The smallest absolute Gasteiger partial charge is 0.246 e. The van der Waals surface area contributed by atoms with Gasteiger partial charge in [-0.1, -0.05) is 11.6 Å². The first-order valence-electron chi connectivity index (χ1n) is 5.35. The number of amides is 2. The molecule has 0 spiro atoms. The average Bonchev–Trinajstić information content (AvgIpc) is 2.28. The summed E-state index contributed by atoms with van der Waals surface area (Å²) in [6, 6.07) is 4.26. The number of anilines is 1. The molecular formula is C12H15ClN2O3. The van der Waals surface area contributed by atoms with E-state index in [2.05, 4.69) is 10.6 Å². The second-order valence-corrected chi connectivity index (χ2v) is 4.19. The van der Waals surface area contributed by atoms with E-state index in [4.69, 9.17) is 16.3 Å². The van der Waals surface area contributed by atoms with Crippen LogP contribution in [0.15, 0.2) is 18.2 Å². The molecule has 2 N–H and O–H groups in total. The lowest BCUT2D eigenvalue weighted by Crippen LogP contribution is -2.40. The highest BCUT2D eigenvalue weighted by molar-refractivity contribution is 6.31. The Morgan fingerprint density at radius 2 is 2.06 bits per heavy atom. The van der Waals surface area contributed by atoms with Crippen LogP contribution in [0.25, 0.3) is 0 Å². The van der Waals surface area contributed by atoms with E-state index in [0.29, 0.717) is 16.5 Å². The van der Waals surface area contributed by atoms with Gasteiger partial charge in [-0.3, -0.25) is 9.59 Å². The fourth-order valence-corrected chi connectivity index (χ4v) is 1.56. The van der Waals surface area contributed by atoms with Gasteiger partial charge in [-0.25, -0.2) is 0 Å². The molecule has 98 valence electrons. The van der Waals surface area contributed by atoms with Crippen LogP contribution in [-0.2, 0) is 9.59 Å². The Bertz CT molecular complexity index is 463. The van der Waals surface area contributed by atoms with Crippen molar-refractivity contribution in [3.63, 3.8) is 0 Å². The standard InChI is InChI=1S/C12H15ClN2O3/c1-7(14-8(2)16)12(17)15-10-6-9(13)4-5-11(10)18-3/h4-7H,1-3H3,(H,14,16)(H,15,17). The van der Waals surface area contributed by atoms with Crippen LogP contribution in [0.2, 0.25) is 5.02 Å². The molecule has 2 amide bonds. The first-order valence-corrected chi connectivity index (χ1v) is 5.73. The van der Waals surface area contributed by atoms with Crippen molar-refractivity contribution in [1.29, 1.82) is 0 Å². The second-order valence-electron chi connectivity index (χ2n) is 3.76. The monoisotopic (exact) mass is 270 g/mol. The fourth-order valence-electron chi connectivity index (χ4n) is 1.39. The maximum Gasteiger partial charge on any atom is 0.246 e. The van der Waals surface area contributed by atoms with Gasteiger partial charge in [0.15, 0.2) is 0 Å². The van der Waals surface area contributed by atoms with Crippen molar-refractivity contribution in [2.75, 3.05) is 12.4 Å². The highest BCUT2D eigenvalue weighted by atomic mass is 35.5. The molecule has 1 rings (SSSR count). The predicted molar refractivity (Wildman–Crippen MR) is 69.9 cm³/mol. The molecule has 0 aromatic heterocycles. The van der Waals surface area contributed by atoms with Crippen LogP contribution in [0.1, 0.15) is 13.8 Å². The van der Waals surface area contributed by atoms with Gasteiger partial charge in [0, 0.05) is 11.9 Å². The van der Waals surface area contributed by atoms with Gasteiger partial charge in [-0.05, 0) is 25.1 Å². The number of nitrogens with one attached hydrogen (secondary N) is 2. The Morgan fingerprint density at radius 3 is 2.61 bits per heavy atom. The number of ether oxygens (including phenoxy) is 1. The molecule has 1 atom stereocenters. The Kier molecular flexibility index (Phi) is 4.97. The van der Waals surface area contributed by atoms with Gasteiger partial charge in [-0.2, -0.15) is 0 Å². The highest BCUT2D eigenvalue weighted by Crippen LogP contribution is 2.27. The van der Waals surface area contributed by atoms with Gasteiger partial charge >= 0.3 is 0 Å². The first-order chi connectivity index (χ1) is 8.43. The molecule has 0 saturated heterocycles. The summed E-state index contributed by atoms with van der Waals surface area (Å²) in [5.74, 6) is -0.107. The maximum atomic E-state index is 11.8. The molecule has 0 saturated carbocycles. The normalized spacial score (nSPS) is 11.6. The second kappa shape index (κ2) is 6.26. The van der Waals surface area contributed by atoms with Gasteiger partial charge in [0.2, 0.25) is 11.8 Å². The van der Waals surface area contributed by atoms with Gasteiger partial charge in [0.05, 0.1) is 12.8 Å². The summed E-state index contributed by atoms with van der Waals surface area (Å²) >= 11 is 5.84. The lowest BCUT2D eigenvalue weighted by molar-refractivity contribution is -0.124. The molecule has 0 aliphatic carbocycles. The average molecular weight is 271 g/mol. The van der Waals surface area contributed by atoms with Crippen LogP contribution < -0.4 is 15.4 Å². The van der Waals surface area contributed by atoms with E-state index in [-0.39, 0.29) is 11.8 Å². The first kappa shape index (κ1) is 14.3. The Morgan fingerprint density at radius 1 is 1.39 bits per heavy atom. The number of rotatable bonds is 4. The molecule has 18 heavy (non-hydrogen) atoms. The largest absolute Gasteiger partial charge is 0.495 e. The van der Waals surface area contributed by atoms with Crippen LogP contribution in [0, 0.1) is 0 Å².